The fourth-order valence-electron chi connectivity index (χ4n) is 3.22. The van der Waals surface area contributed by atoms with Crippen molar-refractivity contribution >= 4 is 37.8 Å². The van der Waals surface area contributed by atoms with Crippen LogP contribution in [-0.4, -0.2) is 26.5 Å². The Morgan fingerprint density at radius 1 is 1.00 bits per heavy atom. The first-order valence-electron chi connectivity index (χ1n) is 8.65. The summed E-state index contributed by atoms with van der Waals surface area (Å²) in [6.07, 6.45) is 1.16. The number of rotatable bonds is 3. The van der Waals surface area contributed by atoms with Gasteiger partial charge in [0, 0.05) is 36.3 Å². The van der Waals surface area contributed by atoms with E-state index in [1.165, 1.54) is 18.2 Å². The molecule has 0 spiro atoms. The standard InChI is InChI=1S/C19H15N3O5S/c20-28(24,25)13-4-5-15-17(10-13)26-18(21-15)14-8-11-2-3-12(22-6-1-7-22)9-16(11)27-19(14)23/h2-5,8-10H,1,6-7H2,(H2,20,24,25). The molecule has 0 unspecified atom stereocenters. The van der Waals surface area contributed by atoms with E-state index in [0.717, 1.165) is 30.6 Å². The van der Waals surface area contributed by atoms with E-state index < -0.39 is 15.6 Å². The van der Waals surface area contributed by atoms with Crippen molar-refractivity contribution in [2.45, 2.75) is 11.3 Å². The molecule has 8 nitrogen and oxygen atoms in total. The molecule has 142 valence electrons. The van der Waals surface area contributed by atoms with Crippen molar-refractivity contribution in [3.05, 3.63) is 52.9 Å². The number of benzene rings is 2. The van der Waals surface area contributed by atoms with Crippen molar-refractivity contribution in [3.8, 4) is 11.5 Å². The molecule has 9 heteroatoms. The molecule has 4 aromatic rings. The van der Waals surface area contributed by atoms with Gasteiger partial charge in [-0.3, -0.25) is 0 Å². The predicted octanol–water partition coefficient (Wildman–Crippen LogP) is 2.46. The third-order valence-electron chi connectivity index (χ3n) is 4.86. The lowest BCUT2D eigenvalue weighted by atomic mass is 10.1. The summed E-state index contributed by atoms with van der Waals surface area (Å²) in [5.41, 5.74) is 1.73. The van der Waals surface area contributed by atoms with E-state index in [1.54, 1.807) is 6.07 Å². The fourth-order valence-corrected chi connectivity index (χ4v) is 3.75. The first-order chi connectivity index (χ1) is 13.4. The Bertz CT molecular complexity index is 1400. The van der Waals surface area contributed by atoms with Crippen LogP contribution in [0, 0.1) is 0 Å². The molecule has 2 N–H and O–H groups in total. The lowest BCUT2D eigenvalue weighted by molar-refractivity contribution is 0.552. The van der Waals surface area contributed by atoms with E-state index in [9.17, 15) is 13.2 Å². The van der Waals surface area contributed by atoms with E-state index in [1.807, 2.05) is 18.2 Å². The van der Waals surface area contributed by atoms with Crippen LogP contribution in [0.4, 0.5) is 5.69 Å². The molecule has 1 aliphatic rings. The van der Waals surface area contributed by atoms with Crippen LogP contribution in [0.5, 0.6) is 0 Å². The Labute approximate surface area is 159 Å². The average molecular weight is 397 g/mol. The highest BCUT2D eigenvalue weighted by molar-refractivity contribution is 7.89. The lowest BCUT2D eigenvalue weighted by Crippen LogP contribution is -2.36. The van der Waals surface area contributed by atoms with Crippen LogP contribution in [0.1, 0.15) is 6.42 Å². The van der Waals surface area contributed by atoms with Gasteiger partial charge in [-0.25, -0.2) is 23.3 Å². The van der Waals surface area contributed by atoms with Crippen LogP contribution in [0.25, 0.3) is 33.5 Å². The molecule has 0 saturated carbocycles. The number of hydrogen-bond donors (Lipinski definition) is 1. The van der Waals surface area contributed by atoms with Crippen molar-refractivity contribution in [2.24, 2.45) is 5.14 Å². The van der Waals surface area contributed by atoms with E-state index >= 15 is 0 Å². The molecule has 2 aromatic carbocycles. The normalized spacial score (nSPS) is 14.5. The van der Waals surface area contributed by atoms with Crippen molar-refractivity contribution in [1.29, 1.82) is 0 Å². The van der Waals surface area contributed by atoms with Gasteiger partial charge in [-0.15, -0.1) is 0 Å². The van der Waals surface area contributed by atoms with Gasteiger partial charge in [0.2, 0.25) is 15.9 Å². The molecule has 1 fully saturated rings. The molecule has 5 rings (SSSR count). The maximum absolute atomic E-state index is 12.5. The monoisotopic (exact) mass is 397 g/mol. The molecular formula is C19H15N3O5S. The molecule has 0 bridgehead atoms. The molecule has 1 aliphatic heterocycles. The highest BCUT2D eigenvalue weighted by atomic mass is 32.2. The number of nitrogens with zero attached hydrogens (tertiary/aromatic N) is 2. The number of oxazole rings is 1. The summed E-state index contributed by atoms with van der Waals surface area (Å²) in [5.74, 6) is 0.0593. The van der Waals surface area contributed by atoms with Crippen LogP contribution in [0.3, 0.4) is 0 Å². The molecule has 3 heterocycles. The van der Waals surface area contributed by atoms with Crippen LogP contribution in [0.15, 0.2) is 61.0 Å². The van der Waals surface area contributed by atoms with Crippen molar-refractivity contribution in [1.82, 2.24) is 4.98 Å². The van der Waals surface area contributed by atoms with Gasteiger partial charge in [-0.1, -0.05) is 0 Å². The summed E-state index contributed by atoms with van der Waals surface area (Å²) >= 11 is 0. The number of aromatic nitrogens is 1. The summed E-state index contributed by atoms with van der Waals surface area (Å²) in [6.45, 7) is 1.99. The number of fused-ring (bicyclic) bond motifs is 2. The Morgan fingerprint density at radius 2 is 1.82 bits per heavy atom. The zero-order valence-corrected chi connectivity index (χ0v) is 15.4. The Balaban J connectivity index is 1.61. The number of primary sulfonamides is 1. The minimum absolute atomic E-state index is 0.0593. The third-order valence-corrected chi connectivity index (χ3v) is 5.77. The second-order valence-electron chi connectivity index (χ2n) is 6.70. The van der Waals surface area contributed by atoms with Gasteiger partial charge in [0.05, 0.1) is 4.90 Å². The number of nitrogens with two attached hydrogens (primary N) is 1. The summed E-state index contributed by atoms with van der Waals surface area (Å²) in [7, 11) is -3.87. The quantitative estimate of drug-likeness (QED) is 0.527. The van der Waals surface area contributed by atoms with E-state index in [2.05, 4.69) is 9.88 Å². The van der Waals surface area contributed by atoms with Gasteiger partial charge in [-0.2, -0.15) is 0 Å². The minimum atomic E-state index is -3.87. The molecular weight excluding hydrogens is 382 g/mol. The van der Waals surface area contributed by atoms with E-state index in [0.29, 0.717) is 11.1 Å². The third kappa shape index (κ3) is 2.76. The van der Waals surface area contributed by atoms with Gasteiger partial charge in [0.15, 0.2) is 5.58 Å². The predicted molar refractivity (Wildman–Crippen MR) is 104 cm³/mol. The molecule has 0 amide bonds. The molecule has 0 aliphatic carbocycles. The molecule has 0 atom stereocenters. The summed E-state index contributed by atoms with van der Waals surface area (Å²) < 4.78 is 34.1. The second-order valence-corrected chi connectivity index (χ2v) is 8.27. The number of hydrogen-bond acceptors (Lipinski definition) is 7. The first kappa shape index (κ1) is 17.0. The lowest BCUT2D eigenvalue weighted by Gasteiger charge is -2.33. The number of sulfonamides is 1. The number of anilines is 1. The Kier molecular flexibility index (Phi) is 3.58. The summed E-state index contributed by atoms with van der Waals surface area (Å²) in [6, 6.07) is 11.5. The van der Waals surface area contributed by atoms with E-state index in [-0.39, 0.29) is 21.9 Å². The second kappa shape index (κ2) is 5.91. The van der Waals surface area contributed by atoms with Gasteiger partial charge in [0.1, 0.15) is 16.7 Å². The van der Waals surface area contributed by atoms with Gasteiger partial charge in [-0.05, 0) is 36.8 Å². The molecule has 2 aromatic heterocycles. The average Bonchev–Trinajstić information content (AvgIpc) is 3.01. The maximum atomic E-state index is 12.5. The highest BCUT2D eigenvalue weighted by Crippen LogP contribution is 2.29. The van der Waals surface area contributed by atoms with Crippen LogP contribution < -0.4 is 15.7 Å². The smallest absolute Gasteiger partial charge is 0.349 e. The molecule has 0 radical (unpaired) electrons. The zero-order valence-electron chi connectivity index (χ0n) is 14.6. The topological polar surface area (TPSA) is 120 Å². The molecule has 1 saturated heterocycles. The Morgan fingerprint density at radius 3 is 2.54 bits per heavy atom. The maximum Gasteiger partial charge on any atom is 0.349 e. The van der Waals surface area contributed by atoms with E-state index in [4.69, 9.17) is 14.0 Å². The Hall–Kier alpha value is -3.17. The van der Waals surface area contributed by atoms with Gasteiger partial charge >= 0.3 is 5.63 Å². The minimum Gasteiger partial charge on any atom is -0.436 e. The zero-order chi connectivity index (χ0) is 19.5. The van der Waals surface area contributed by atoms with Gasteiger partial charge in [0.25, 0.3) is 0 Å². The van der Waals surface area contributed by atoms with Crippen LogP contribution >= 0.6 is 0 Å². The van der Waals surface area contributed by atoms with Crippen molar-refractivity contribution in [2.75, 3.05) is 18.0 Å². The van der Waals surface area contributed by atoms with Crippen LogP contribution in [-0.2, 0) is 10.0 Å². The largest absolute Gasteiger partial charge is 0.436 e. The van der Waals surface area contributed by atoms with Crippen molar-refractivity contribution in [3.63, 3.8) is 0 Å². The molecule has 28 heavy (non-hydrogen) atoms. The summed E-state index contributed by atoms with van der Waals surface area (Å²) in [4.78, 5) is 18.9. The highest BCUT2D eigenvalue weighted by Gasteiger charge is 2.18. The first-order valence-corrected chi connectivity index (χ1v) is 10.2. The van der Waals surface area contributed by atoms with Crippen molar-refractivity contribution < 1.29 is 17.3 Å². The SMILES string of the molecule is NS(=O)(=O)c1ccc2nc(-c3cc4ccc(N5CCC5)cc4oc3=O)oc2c1. The fraction of sp³-hybridized carbons (Fsp3) is 0.158. The van der Waals surface area contributed by atoms with Crippen LogP contribution in [0.2, 0.25) is 0 Å². The summed E-state index contributed by atoms with van der Waals surface area (Å²) in [5, 5.41) is 5.88. The van der Waals surface area contributed by atoms with Gasteiger partial charge < -0.3 is 13.7 Å².